The van der Waals surface area contributed by atoms with Crippen molar-refractivity contribution in [3.8, 4) is 0 Å². The Hall–Kier alpha value is -0.330. The van der Waals surface area contributed by atoms with Crippen LogP contribution in [-0.4, -0.2) is 23.2 Å². The van der Waals surface area contributed by atoms with E-state index in [0.29, 0.717) is 10.6 Å². The summed E-state index contributed by atoms with van der Waals surface area (Å²) >= 11 is 7.89. The molecule has 0 fully saturated rings. The lowest BCUT2D eigenvalue weighted by Crippen LogP contribution is -2.38. The zero-order chi connectivity index (χ0) is 12.3. The van der Waals surface area contributed by atoms with Crippen LogP contribution in [0.3, 0.4) is 0 Å². The van der Waals surface area contributed by atoms with E-state index in [-0.39, 0.29) is 12.5 Å². The second-order valence-corrected chi connectivity index (χ2v) is 5.72. The number of aliphatic hydroxyl groups is 1. The molecule has 88 valence electrons. The largest absolute Gasteiger partial charge is 0.389 e. The first-order valence-electron chi connectivity index (χ1n) is 4.75. The Morgan fingerprint density at radius 3 is 2.75 bits per heavy atom. The standard InChI is InChI=1S/C11H13ClINO2/c1-11(2,16)6-14-10(15)8-5-7(12)3-4-9(8)13/h3-5,16H,6H2,1-2H3,(H,14,15). The molecule has 0 unspecified atom stereocenters. The number of amides is 1. The first-order chi connectivity index (χ1) is 7.29. The van der Waals surface area contributed by atoms with Crippen LogP contribution in [0, 0.1) is 3.57 Å². The van der Waals surface area contributed by atoms with Crippen LogP contribution in [-0.2, 0) is 0 Å². The Balaban J connectivity index is 2.77. The summed E-state index contributed by atoms with van der Waals surface area (Å²) in [6.07, 6.45) is 0. The third kappa shape index (κ3) is 4.27. The molecule has 0 aliphatic carbocycles. The summed E-state index contributed by atoms with van der Waals surface area (Å²) in [6.45, 7) is 3.47. The van der Waals surface area contributed by atoms with Crippen molar-refractivity contribution in [1.82, 2.24) is 5.32 Å². The van der Waals surface area contributed by atoms with Gasteiger partial charge < -0.3 is 10.4 Å². The van der Waals surface area contributed by atoms with Crippen molar-refractivity contribution in [3.63, 3.8) is 0 Å². The van der Waals surface area contributed by atoms with Crippen molar-refractivity contribution in [3.05, 3.63) is 32.4 Å². The molecular formula is C11H13ClINO2. The molecule has 0 aliphatic heterocycles. The van der Waals surface area contributed by atoms with Gasteiger partial charge in [0.15, 0.2) is 0 Å². The van der Waals surface area contributed by atoms with E-state index < -0.39 is 5.60 Å². The molecule has 3 nitrogen and oxygen atoms in total. The first kappa shape index (κ1) is 13.7. The highest BCUT2D eigenvalue weighted by atomic mass is 127. The third-order valence-electron chi connectivity index (χ3n) is 1.85. The highest BCUT2D eigenvalue weighted by Gasteiger charge is 2.16. The van der Waals surface area contributed by atoms with E-state index in [2.05, 4.69) is 27.9 Å². The second kappa shape index (κ2) is 5.33. The quantitative estimate of drug-likeness (QED) is 0.820. The van der Waals surface area contributed by atoms with E-state index in [0.717, 1.165) is 3.57 Å². The summed E-state index contributed by atoms with van der Waals surface area (Å²) in [5.41, 5.74) is -0.392. The maximum atomic E-state index is 11.8. The van der Waals surface area contributed by atoms with E-state index in [1.54, 1.807) is 32.0 Å². The molecule has 1 aromatic rings. The molecule has 0 radical (unpaired) electrons. The molecular weight excluding hydrogens is 340 g/mol. The van der Waals surface area contributed by atoms with Gasteiger partial charge in [-0.05, 0) is 54.6 Å². The Morgan fingerprint density at radius 2 is 2.19 bits per heavy atom. The van der Waals surface area contributed by atoms with Crippen LogP contribution in [0.2, 0.25) is 5.02 Å². The number of rotatable bonds is 3. The van der Waals surface area contributed by atoms with Crippen LogP contribution >= 0.6 is 34.2 Å². The molecule has 0 saturated heterocycles. The summed E-state index contributed by atoms with van der Waals surface area (Å²) in [4.78, 5) is 11.8. The number of hydrogen-bond acceptors (Lipinski definition) is 2. The number of nitrogens with one attached hydrogen (secondary N) is 1. The topological polar surface area (TPSA) is 49.3 Å². The SMILES string of the molecule is CC(C)(O)CNC(=O)c1cc(Cl)ccc1I. The molecule has 5 heteroatoms. The predicted octanol–water partition coefficient (Wildman–Crippen LogP) is 2.45. The fourth-order valence-corrected chi connectivity index (χ4v) is 1.82. The summed E-state index contributed by atoms with van der Waals surface area (Å²) in [5.74, 6) is -0.228. The minimum absolute atomic E-state index is 0.203. The van der Waals surface area contributed by atoms with Crippen molar-refractivity contribution in [1.29, 1.82) is 0 Å². The van der Waals surface area contributed by atoms with Crippen LogP contribution in [0.5, 0.6) is 0 Å². The molecule has 0 bridgehead atoms. The number of benzene rings is 1. The lowest BCUT2D eigenvalue weighted by molar-refractivity contribution is 0.0694. The summed E-state index contributed by atoms with van der Waals surface area (Å²) in [6, 6.07) is 5.13. The molecule has 1 amide bonds. The monoisotopic (exact) mass is 353 g/mol. The van der Waals surface area contributed by atoms with E-state index in [9.17, 15) is 9.90 Å². The van der Waals surface area contributed by atoms with Gasteiger partial charge in [-0.15, -0.1) is 0 Å². The van der Waals surface area contributed by atoms with E-state index in [1.807, 2.05) is 0 Å². The van der Waals surface area contributed by atoms with Crippen molar-refractivity contribution in [2.24, 2.45) is 0 Å². The van der Waals surface area contributed by atoms with Crippen molar-refractivity contribution in [2.75, 3.05) is 6.54 Å². The summed E-state index contributed by atoms with van der Waals surface area (Å²) in [7, 11) is 0. The zero-order valence-electron chi connectivity index (χ0n) is 9.05. The van der Waals surface area contributed by atoms with Gasteiger partial charge in [-0.1, -0.05) is 11.6 Å². The number of carbonyl (C=O) groups excluding carboxylic acids is 1. The van der Waals surface area contributed by atoms with E-state index >= 15 is 0 Å². The molecule has 2 N–H and O–H groups in total. The van der Waals surface area contributed by atoms with Gasteiger partial charge in [-0.2, -0.15) is 0 Å². The number of halogens is 2. The first-order valence-corrected chi connectivity index (χ1v) is 6.21. The fourth-order valence-electron chi connectivity index (χ4n) is 1.06. The van der Waals surface area contributed by atoms with Crippen molar-refractivity contribution < 1.29 is 9.90 Å². The van der Waals surface area contributed by atoms with E-state index in [1.165, 1.54) is 0 Å². The van der Waals surface area contributed by atoms with Crippen LogP contribution in [0.25, 0.3) is 0 Å². The molecule has 1 aromatic carbocycles. The fraction of sp³-hybridized carbons (Fsp3) is 0.364. The van der Waals surface area contributed by atoms with Gasteiger partial charge in [0, 0.05) is 15.1 Å². The normalized spacial score (nSPS) is 11.3. The zero-order valence-corrected chi connectivity index (χ0v) is 12.0. The summed E-state index contributed by atoms with van der Waals surface area (Å²) < 4.78 is 0.829. The lowest BCUT2D eigenvalue weighted by Gasteiger charge is -2.17. The van der Waals surface area contributed by atoms with Gasteiger partial charge in [-0.25, -0.2) is 0 Å². The summed E-state index contributed by atoms with van der Waals surface area (Å²) in [5, 5.41) is 12.7. The maximum absolute atomic E-state index is 11.8. The highest BCUT2D eigenvalue weighted by Crippen LogP contribution is 2.17. The van der Waals surface area contributed by atoms with Crippen molar-refractivity contribution >= 4 is 40.1 Å². The second-order valence-electron chi connectivity index (χ2n) is 4.12. The van der Waals surface area contributed by atoms with Crippen LogP contribution in [0.4, 0.5) is 0 Å². The molecule has 0 aromatic heterocycles. The average molecular weight is 354 g/mol. The number of carbonyl (C=O) groups is 1. The average Bonchev–Trinajstić information content (AvgIpc) is 2.17. The van der Waals surface area contributed by atoms with Gasteiger partial charge in [-0.3, -0.25) is 4.79 Å². The predicted molar refractivity (Wildman–Crippen MR) is 72.8 cm³/mol. The molecule has 0 spiro atoms. The molecule has 0 atom stereocenters. The van der Waals surface area contributed by atoms with Crippen LogP contribution in [0.1, 0.15) is 24.2 Å². The highest BCUT2D eigenvalue weighted by molar-refractivity contribution is 14.1. The molecule has 0 saturated carbocycles. The smallest absolute Gasteiger partial charge is 0.252 e. The maximum Gasteiger partial charge on any atom is 0.252 e. The van der Waals surface area contributed by atoms with Gasteiger partial charge in [0.1, 0.15) is 0 Å². The van der Waals surface area contributed by atoms with Crippen molar-refractivity contribution in [2.45, 2.75) is 19.4 Å². The third-order valence-corrected chi connectivity index (χ3v) is 3.03. The Labute approximate surface area is 113 Å². The van der Waals surface area contributed by atoms with Crippen LogP contribution < -0.4 is 5.32 Å². The van der Waals surface area contributed by atoms with Gasteiger partial charge in [0.05, 0.1) is 11.2 Å². The Morgan fingerprint density at radius 1 is 1.56 bits per heavy atom. The lowest BCUT2D eigenvalue weighted by atomic mass is 10.1. The molecule has 1 rings (SSSR count). The van der Waals surface area contributed by atoms with Gasteiger partial charge in [0.25, 0.3) is 5.91 Å². The Bertz CT molecular complexity index is 401. The van der Waals surface area contributed by atoms with Gasteiger partial charge in [0.2, 0.25) is 0 Å². The van der Waals surface area contributed by atoms with Crippen LogP contribution in [0.15, 0.2) is 18.2 Å². The minimum atomic E-state index is -0.917. The van der Waals surface area contributed by atoms with E-state index in [4.69, 9.17) is 11.6 Å². The number of hydrogen-bond donors (Lipinski definition) is 2. The molecule has 0 heterocycles. The van der Waals surface area contributed by atoms with Gasteiger partial charge >= 0.3 is 0 Å². The molecule has 16 heavy (non-hydrogen) atoms. The molecule has 0 aliphatic rings. The minimum Gasteiger partial charge on any atom is -0.389 e. The Kier molecular flexibility index (Phi) is 4.58.